The normalized spacial score (nSPS) is 47.6. The molecule has 0 saturated heterocycles. The van der Waals surface area contributed by atoms with Gasteiger partial charge in [-0.15, -0.1) is 0 Å². The van der Waals surface area contributed by atoms with E-state index in [1.54, 1.807) is 0 Å². The Kier molecular flexibility index (Phi) is 6.10. The summed E-state index contributed by atoms with van der Waals surface area (Å²) < 4.78 is 5.17. The van der Waals surface area contributed by atoms with E-state index in [4.69, 9.17) is 4.74 Å². The summed E-state index contributed by atoms with van der Waals surface area (Å²) in [6.07, 6.45) is 13.1. The number of hydrogen-bond acceptors (Lipinski definition) is 3. The average molecular weight is 405 g/mol. The van der Waals surface area contributed by atoms with E-state index in [9.17, 15) is 9.90 Å². The van der Waals surface area contributed by atoms with Crippen molar-refractivity contribution in [3.63, 3.8) is 0 Å². The van der Waals surface area contributed by atoms with Crippen LogP contribution in [0.4, 0.5) is 0 Å². The summed E-state index contributed by atoms with van der Waals surface area (Å²) >= 11 is 0. The SMILES string of the molecule is CCOC(=O)CC[C@@H](C)[C@H]1CC[C@H]2[C@@H]3CC[C@@H]4C[C@H](O)CC[C@]4(C)[C@H]3CC[C@]12C. The fourth-order valence-electron chi connectivity index (χ4n) is 8.99. The van der Waals surface area contributed by atoms with Gasteiger partial charge in [0.1, 0.15) is 0 Å². The zero-order valence-corrected chi connectivity index (χ0v) is 19.3. The van der Waals surface area contributed by atoms with Crippen LogP contribution in [0.2, 0.25) is 0 Å². The standard InChI is InChI=1S/C26H44O3/c1-5-29-24(28)11-6-17(2)21-9-10-22-20-8-7-18-16-19(27)12-14-25(18,3)23(20)13-15-26(21,22)4/h17-23,27H,5-16H2,1-4H3/t17-,18-,19-,20+,21-,22+,23+,25+,26-/m1/s1. The van der Waals surface area contributed by atoms with Gasteiger partial charge in [-0.2, -0.15) is 0 Å². The van der Waals surface area contributed by atoms with Gasteiger partial charge in [0.25, 0.3) is 0 Å². The number of esters is 1. The lowest BCUT2D eigenvalue weighted by Gasteiger charge is -2.61. The molecule has 4 aliphatic rings. The van der Waals surface area contributed by atoms with Gasteiger partial charge in [-0.05, 0) is 117 Å². The zero-order chi connectivity index (χ0) is 20.8. The first kappa shape index (κ1) is 21.7. The molecule has 29 heavy (non-hydrogen) atoms. The predicted octanol–water partition coefficient (Wildman–Crippen LogP) is 5.99. The van der Waals surface area contributed by atoms with E-state index in [0.29, 0.717) is 29.8 Å². The summed E-state index contributed by atoms with van der Waals surface area (Å²) in [5.41, 5.74) is 0.934. The van der Waals surface area contributed by atoms with Gasteiger partial charge in [0.2, 0.25) is 0 Å². The molecule has 9 atom stereocenters. The Morgan fingerprint density at radius 3 is 2.52 bits per heavy atom. The van der Waals surface area contributed by atoms with E-state index in [1.807, 2.05) is 6.92 Å². The molecule has 0 bridgehead atoms. The van der Waals surface area contributed by atoms with E-state index in [-0.39, 0.29) is 12.1 Å². The number of hydrogen-bond donors (Lipinski definition) is 1. The molecule has 4 fully saturated rings. The topological polar surface area (TPSA) is 46.5 Å². The molecule has 1 N–H and O–H groups in total. The van der Waals surface area contributed by atoms with Crippen molar-refractivity contribution in [1.29, 1.82) is 0 Å². The smallest absolute Gasteiger partial charge is 0.305 e. The molecule has 0 aromatic rings. The maximum absolute atomic E-state index is 11.9. The molecule has 0 unspecified atom stereocenters. The first-order chi connectivity index (χ1) is 13.8. The molecular weight excluding hydrogens is 360 g/mol. The predicted molar refractivity (Wildman–Crippen MR) is 116 cm³/mol. The minimum atomic E-state index is -0.0467. The average Bonchev–Trinajstić information content (AvgIpc) is 3.04. The number of aliphatic hydroxyl groups is 1. The van der Waals surface area contributed by atoms with Crippen molar-refractivity contribution in [3.8, 4) is 0 Å². The Labute approximate surface area is 178 Å². The van der Waals surface area contributed by atoms with Crippen molar-refractivity contribution < 1.29 is 14.6 Å². The van der Waals surface area contributed by atoms with Crippen LogP contribution in [0, 0.1) is 46.3 Å². The van der Waals surface area contributed by atoms with Crippen LogP contribution in [0.3, 0.4) is 0 Å². The molecule has 166 valence electrons. The molecular formula is C26H44O3. The highest BCUT2D eigenvalue weighted by Gasteiger charge is 2.60. The highest BCUT2D eigenvalue weighted by atomic mass is 16.5. The number of carbonyl (C=O) groups is 1. The maximum Gasteiger partial charge on any atom is 0.305 e. The third-order valence-electron chi connectivity index (χ3n) is 10.5. The number of carbonyl (C=O) groups excluding carboxylic acids is 1. The second-order valence-corrected chi connectivity index (χ2v) is 11.6. The summed E-state index contributed by atoms with van der Waals surface area (Å²) in [5, 5.41) is 10.2. The Balaban J connectivity index is 1.45. The largest absolute Gasteiger partial charge is 0.466 e. The van der Waals surface area contributed by atoms with E-state index in [1.165, 1.54) is 44.9 Å². The minimum Gasteiger partial charge on any atom is -0.466 e. The van der Waals surface area contributed by atoms with Gasteiger partial charge < -0.3 is 9.84 Å². The second kappa shape index (κ2) is 8.17. The van der Waals surface area contributed by atoms with Gasteiger partial charge in [0.05, 0.1) is 12.7 Å². The molecule has 0 aromatic heterocycles. The molecule has 0 amide bonds. The van der Waals surface area contributed by atoms with Gasteiger partial charge in [0, 0.05) is 6.42 Å². The maximum atomic E-state index is 11.9. The highest BCUT2D eigenvalue weighted by molar-refractivity contribution is 5.69. The van der Waals surface area contributed by atoms with Crippen molar-refractivity contribution in [3.05, 3.63) is 0 Å². The van der Waals surface area contributed by atoms with Gasteiger partial charge in [0.15, 0.2) is 0 Å². The number of aliphatic hydroxyl groups excluding tert-OH is 1. The van der Waals surface area contributed by atoms with Crippen molar-refractivity contribution in [2.45, 2.75) is 104 Å². The van der Waals surface area contributed by atoms with Crippen LogP contribution in [0.15, 0.2) is 0 Å². The summed E-state index contributed by atoms with van der Waals surface area (Å²) in [4.78, 5) is 11.9. The second-order valence-electron chi connectivity index (χ2n) is 11.6. The van der Waals surface area contributed by atoms with E-state index in [2.05, 4.69) is 20.8 Å². The lowest BCUT2D eigenvalue weighted by Crippen LogP contribution is -2.54. The Morgan fingerprint density at radius 1 is 1.03 bits per heavy atom. The molecule has 0 radical (unpaired) electrons. The number of fused-ring (bicyclic) bond motifs is 5. The Morgan fingerprint density at radius 2 is 1.76 bits per heavy atom. The van der Waals surface area contributed by atoms with Crippen LogP contribution < -0.4 is 0 Å². The first-order valence-electron chi connectivity index (χ1n) is 12.6. The highest BCUT2D eigenvalue weighted by Crippen LogP contribution is 2.68. The van der Waals surface area contributed by atoms with Gasteiger partial charge >= 0.3 is 5.97 Å². The molecule has 4 saturated carbocycles. The van der Waals surface area contributed by atoms with Gasteiger partial charge in [-0.1, -0.05) is 20.8 Å². The minimum absolute atomic E-state index is 0.0199. The number of rotatable bonds is 5. The van der Waals surface area contributed by atoms with Crippen LogP contribution >= 0.6 is 0 Å². The van der Waals surface area contributed by atoms with Crippen LogP contribution in [0.5, 0.6) is 0 Å². The third kappa shape index (κ3) is 3.68. The van der Waals surface area contributed by atoms with Crippen molar-refractivity contribution in [1.82, 2.24) is 0 Å². The molecule has 4 aliphatic carbocycles. The molecule has 4 rings (SSSR count). The van der Waals surface area contributed by atoms with E-state index < -0.39 is 0 Å². The molecule has 0 heterocycles. The van der Waals surface area contributed by atoms with Crippen LogP contribution in [-0.4, -0.2) is 23.8 Å². The molecule has 0 aliphatic heterocycles. The van der Waals surface area contributed by atoms with Crippen molar-refractivity contribution in [2.75, 3.05) is 6.61 Å². The monoisotopic (exact) mass is 404 g/mol. The molecule has 3 heteroatoms. The van der Waals surface area contributed by atoms with Gasteiger partial charge in [-0.25, -0.2) is 0 Å². The van der Waals surface area contributed by atoms with E-state index >= 15 is 0 Å². The van der Waals surface area contributed by atoms with Crippen LogP contribution in [0.25, 0.3) is 0 Å². The zero-order valence-electron chi connectivity index (χ0n) is 19.3. The fourth-order valence-corrected chi connectivity index (χ4v) is 8.99. The summed E-state index contributed by atoms with van der Waals surface area (Å²) in [6.45, 7) is 9.97. The fraction of sp³-hybridized carbons (Fsp3) is 0.962. The lowest BCUT2D eigenvalue weighted by atomic mass is 9.44. The van der Waals surface area contributed by atoms with Crippen molar-refractivity contribution >= 4 is 5.97 Å². The lowest BCUT2D eigenvalue weighted by molar-refractivity contribution is -0.144. The van der Waals surface area contributed by atoms with Crippen LogP contribution in [-0.2, 0) is 9.53 Å². The van der Waals surface area contributed by atoms with Crippen molar-refractivity contribution in [2.24, 2.45) is 46.3 Å². The summed E-state index contributed by atoms with van der Waals surface area (Å²) in [6, 6.07) is 0. The molecule has 3 nitrogen and oxygen atoms in total. The molecule has 0 aromatic carbocycles. The van der Waals surface area contributed by atoms with E-state index in [0.717, 1.165) is 48.9 Å². The molecule has 0 spiro atoms. The van der Waals surface area contributed by atoms with Crippen LogP contribution in [0.1, 0.15) is 98.3 Å². The summed E-state index contributed by atoms with van der Waals surface area (Å²) in [5.74, 6) is 4.75. The number of ether oxygens (including phenoxy) is 1. The Hall–Kier alpha value is -0.570. The summed E-state index contributed by atoms with van der Waals surface area (Å²) in [7, 11) is 0. The quantitative estimate of drug-likeness (QED) is 0.573. The first-order valence-corrected chi connectivity index (χ1v) is 12.6. The Bertz CT molecular complexity index is 603. The van der Waals surface area contributed by atoms with Gasteiger partial charge in [-0.3, -0.25) is 4.79 Å². The third-order valence-corrected chi connectivity index (χ3v) is 10.5.